The number of alkyl halides is 3. The highest BCUT2D eigenvalue weighted by Crippen LogP contribution is 2.30. The van der Waals surface area contributed by atoms with Gasteiger partial charge in [0.05, 0.1) is 17.9 Å². The number of hydrogen-bond donors (Lipinski definition) is 2. The maximum atomic E-state index is 13.2. The third-order valence-electron chi connectivity index (χ3n) is 4.95. The highest BCUT2D eigenvalue weighted by Gasteiger charge is 2.30. The van der Waals surface area contributed by atoms with E-state index in [2.05, 4.69) is 10.4 Å². The van der Waals surface area contributed by atoms with Crippen LogP contribution in [0.1, 0.15) is 11.1 Å². The molecular formula is C22H16F4N4O3. The summed E-state index contributed by atoms with van der Waals surface area (Å²) in [6.45, 7) is -0.939. The molecule has 0 fully saturated rings. The largest absolute Gasteiger partial charge is 0.416 e. The molecule has 0 atom stereocenters. The first-order chi connectivity index (χ1) is 15.7. The van der Waals surface area contributed by atoms with Crippen molar-refractivity contribution in [1.82, 2.24) is 14.2 Å². The number of halogens is 4. The third-order valence-corrected chi connectivity index (χ3v) is 4.95. The molecule has 11 heteroatoms. The van der Waals surface area contributed by atoms with E-state index in [0.717, 1.165) is 28.8 Å². The van der Waals surface area contributed by atoms with E-state index in [1.165, 1.54) is 41.2 Å². The first kappa shape index (κ1) is 22.2. The van der Waals surface area contributed by atoms with Crippen molar-refractivity contribution >= 4 is 17.1 Å². The first-order valence-electron chi connectivity index (χ1n) is 9.62. The minimum Gasteiger partial charge on any atom is -0.392 e. The van der Waals surface area contributed by atoms with Gasteiger partial charge in [0.25, 0.3) is 5.56 Å². The lowest BCUT2D eigenvalue weighted by molar-refractivity contribution is -0.137. The molecule has 4 aromatic rings. The molecule has 2 aromatic carbocycles. The summed E-state index contributed by atoms with van der Waals surface area (Å²) in [6.07, 6.45) is -1.74. The molecule has 2 aromatic heterocycles. The third kappa shape index (κ3) is 4.48. The van der Waals surface area contributed by atoms with Crippen molar-refractivity contribution in [2.45, 2.75) is 19.3 Å². The summed E-state index contributed by atoms with van der Waals surface area (Å²) in [4.78, 5) is 25.3. The number of rotatable bonds is 5. The van der Waals surface area contributed by atoms with Crippen molar-refractivity contribution in [2.75, 3.05) is 5.32 Å². The van der Waals surface area contributed by atoms with E-state index in [9.17, 15) is 32.3 Å². The molecule has 0 saturated heterocycles. The zero-order chi connectivity index (χ0) is 23.8. The Labute approximate surface area is 183 Å². The smallest absolute Gasteiger partial charge is 0.392 e. The number of carbonyl (C=O) groups is 1. The molecule has 0 aliphatic heterocycles. The quantitative estimate of drug-likeness (QED) is 0.447. The highest BCUT2D eigenvalue weighted by molar-refractivity contribution is 5.90. The fourth-order valence-electron chi connectivity index (χ4n) is 3.36. The molecule has 0 radical (unpaired) electrons. The van der Waals surface area contributed by atoms with Crippen LogP contribution in [0, 0.1) is 5.82 Å². The lowest BCUT2D eigenvalue weighted by Gasteiger charge is -2.10. The van der Waals surface area contributed by atoms with Crippen molar-refractivity contribution < 1.29 is 27.5 Å². The Hall–Kier alpha value is -3.99. The van der Waals surface area contributed by atoms with Crippen LogP contribution in [0.3, 0.4) is 0 Å². The summed E-state index contributed by atoms with van der Waals surface area (Å²) in [5.74, 6) is -1.08. The minimum absolute atomic E-state index is 0.0432. The van der Waals surface area contributed by atoms with Crippen LogP contribution >= 0.6 is 0 Å². The van der Waals surface area contributed by atoms with Crippen molar-refractivity contribution in [3.8, 4) is 11.3 Å². The van der Waals surface area contributed by atoms with E-state index in [1.807, 2.05) is 0 Å². The van der Waals surface area contributed by atoms with Gasteiger partial charge in [-0.05, 0) is 48.5 Å². The zero-order valence-corrected chi connectivity index (χ0v) is 16.8. The van der Waals surface area contributed by atoms with Crippen molar-refractivity contribution in [3.63, 3.8) is 0 Å². The van der Waals surface area contributed by atoms with Crippen LogP contribution in [-0.2, 0) is 24.1 Å². The number of hydrogen-bond acceptors (Lipinski definition) is 4. The van der Waals surface area contributed by atoms with Crippen LogP contribution in [-0.4, -0.2) is 25.2 Å². The van der Waals surface area contributed by atoms with Gasteiger partial charge in [-0.15, -0.1) is 0 Å². The van der Waals surface area contributed by atoms with E-state index in [0.29, 0.717) is 11.3 Å². The minimum atomic E-state index is -4.49. The summed E-state index contributed by atoms with van der Waals surface area (Å²) in [5, 5.41) is 16.6. The average molecular weight is 460 g/mol. The van der Waals surface area contributed by atoms with Crippen molar-refractivity contribution in [1.29, 1.82) is 0 Å². The number of amides is 1. The van der Waals surface area contributed by atoms with Gasteiger partial charge in [-0.2, -0.15) is 18.3 Å². The highest BCUT2D eigenvalue weighted by atomic mass is 19.4. The number of fused-ring (bicyclic) bond motifs is 1. The zero-order valence-electron chi connectivity index (χ0n) is 16.8. The van der Waals surface area contributed by atoms with Gasteiger partial charge < -0.3 is 15.0 Å². The Morgan fingerprint density at radius 2 is 1.70 bits per heavy atom. The van der Waals surface area contributed by atoms with Crippen LogP contribution in [0.25, 0.3) is 16.8 Å². The summed E-state index contributed by atoms with van der Waals surface area (Å²) in [7, 11) is 0. The lowest BCUT2D eigenvalue weighted by Crippen LogP contribution is -2.28. The molecule has 0 saturated carbocycles. The molecule has 1 amide bonds. The van der Waals surface area contributed by atoms with Crippen molar-refractivity contribution in [3.05, 3.63) is 88.2 Å². The van der Waals surface area contributed by atoms with Gasteiger partial charge in [-0.1, -0.05) is 0 Å². The Morgan fingerprint density at radius 3 is 2.30 bits per heavy atom. The normalized spacial score (nSPS) is 11.7. The van der Waals surface area contributed by atoms with E-state index in [4.69, 9.17) is 0 Å². The van der Waals surface area contributed by atoms with Gasteiger partial charge in [0, 0.05) is 29.2 Å². The number of carbonyl (C=O) groups excluding carboxylic acids is 1. The van der Waals surface area contributed by atoms with Gasteiger partial charge in [-0.25, -0.2) is 8.91 Å². The Balaban J connectivity index is 1.61. The number of anilines is 1. The van der Waals surface area contributed by atoms with Crippen LogP contribution in [0.5, 0.6) is 0 Å². The second kappa shape index (κ2) is 8.51. The molecular weight excluding hydrogens is 444 g/mol. The van der Waals surface area contributed by atoms with Crippen LogP contribution < -0.4 is 10.9 Å². The Bertz CT molecular complexity index is 1370. The molecule has 170 valence electrons. The number of aromatic nitrogens is 3. The van der Waals surface area contributed by atoms with Crippen LogP contribution in [0.2, 0.25) is 0 Å². The monoisotopic (exact) mass is 460 g/mol. The summed E-state index contributed by atoms with van der Waals surface area (Å²) in [5.41, 5.74) is -0.273. The Morgan fingerprint density at radius 1 is 1.03 bits per heavy atom. The Kier molecular flexibility index (Phi) is 5.73. The van der Waals surface area contributed by atoms with E-state index < -0.39 is 42.2 Å². The second-order valence-electron chi connectivity index (χ2n) is 7.14. The number of nitrogens with one attached hydrogen (secondary N) is 1. The molecule has 2 heterocycles. The predicted octanol–water partition coefficient (Wildman–Crippen LogP) is 3.45. The summed E-state index contributed by atoms with van der Waals surface area (Å²) < 4.78 is 53.6. The average Bonchev–Trinajstić information content (AvgIpc) is 3.15. The summed E-state index contributed by atoms with van der Waals surface area (Å²) >= 11 is 0. The van der Waals surface area contributed by atoms with Gasteiger partial charge in [0.15, 0.2) is 0 Å². The van der Waals surface area contributed by atoms with Crippen molar-refractivity contribution in [2.24, 2.45) is 0 Å². The van der Waals surface area contributed by atoms with Gasteiger partial charge in [0.2, 0.25) is 5.91 Å². The fraction of sp³-hybridized carbons (Fsp3) is 0.136. The molecule has 0 aliphatic carbocycles. The molecule has 7 nitrogen and oxygen atoms in total. The molecule has 0 spiro atoms. The lowest BCUT2D eigenvalue weighted by atomic mass is 10.1. The van der Waals surface area contributed by atoms with Gasteiger partial charge in [-0.3, -0.25) is 9.59 Å². The number of aliphatic hydroxyl groups is 1. The molecule has 0 unspecified atom stereocenters. The van der Waals surface area contributed by atoms with Gasteiger partial charge in [0.1, 0.15) is 17.9 Å². The molecule has 0 aliphatic rings. The van der Waals surface area contributed by atoms with E-state index in [-0.39, 0.29) is 16.8 Å². The SMILES string of the molecule is O=C(Cn1ccn2nc(-c3ccc(F)cc3)c(CO)c2c1=O)Nc1ccc(C(F)(F)F)cc1. The van der Waals surface area contributed by atoms with E-state index >= 15 is 0 Å². The number of aliphatic hydroxyl groups excluding tert-OH is 1. The number of benzene rings is 2. The molecule has 33 heavy (non-hydrogen) atoms. The second-order valence-corrected chi connectivity index (χ2v) is 7.14. The fourth-order valence-corrected chi connectivity index (χ4v) is 3.36. The number of nitrogens with zero attached hydrogens (tertiary/aromatic N) is 3. The molecule has 2 N–H and O–H groups in total. The standard InChI is InChI=1S/C22H16F4N4O3/c23-15-5-1-13(2-6-15)19-17(12-31)20-21(33)29(9-10-30(20)28-19)11-18(32)27-16-7-3-14(4-8-16)22(24,25)26/h1-10,31H,11-12H2,(H,27,32). The maximum Gasteiger partial charge on any atom is 0.416 e. The molecule has 0 bridgehead atoms. The topological polar surface area (TPSA) is 88.6 Å². The first-order valence-corrected chi connectivity index (χ1v) is 9.62. The maximum absolute atomic E-state index is 13.2. The van der Waals surface area contributed by atoms with E-state index in [1.54, 1.807) is 0 Å². The van der Waals surface area contributed by atoms with Gasteiger partial charge >= 0.3 is 6.18 Å². The van der Waals surface area contributed by atoms with Crippen LogP contribution in [0.15, 0.2) is 65.7 Å². The summed E-state index contributed by atoms with van der Waals surface area (Å²) in [6, 6.07) is 9.29. The molecule has 4 rings (SSSR count). The van der Waals surface area contributed by atoms with Crippen LogP contribution in [0.4, 0.5) is 23.2 Å². The predicted molar refractivity (Wildman–Crippen MR) is 111 cm³/mol.